The SMILES string of the molecule is C#CCC[C@@H](OC(N)=O)[C@H](O)c1ccccc1. The Labute approximate surface area is 100 Å². The van der Waals surface area contributed by atoms with Gasteiger partial charge in [0.25, 0.3) is 0 Å². The minimum Gasteiger partial charge on any atom is -0.443 e. The predicted octanol–water partition coefficient (Wildman–Crippen LogP) is 1.60. The number of aliphatic hydroxyl groups excluding tert-OH is 1. The molecule has 0 unspecified atom stereocenters. The Kier molecular flexibility index (Phi) is 5.05. The van der Waals surface area contributed by atoms with Crippen LogP contribution in [0.15, 0.2) is 30.3 Å². The Hall–Kier alpha value is -1.99. The lowest BCUT2D eigenvalue weighted by Gasteiger charge is -2.21. The first-order chi connectivity index (χ1) is 8.15. The normalized spacial score (nSPS) is 13.4. The summed E-state index contributed by atoms with van der Waals surface area (Å²) in [5, 5.41) is 10.1. The van der Waals surface area contributed by atoms with Crippen LogP contribution in [0.2, 0.25) is 0 Å². The molecule has 1 aromatic carbocycles. The van der Waals surface area contributed by atoms with Crippen molar-refractivity contribution in [2.24, 2.45) is 5.73 Å². The third-order valence-corrected chi connectivity index (χ3v) is 2.33. The molecule has 0 radical (unpaired) electrons. The number of rotatable bonds is 5. The van der Waals surface area contributed by atoms with Crippen molar-refractivity contribution in [1.82, 2.24) is 0 Å². The van der Waals surface area contributed by atoms with Crippen LogP contribution in [0.3, 0.4) is 0 Å². The predicted molar refractivity (Wildman–Crippen MR) is 63.9 cm³/mol. The zero-order valence-electron chi connectivity index (χ0n) is 9.37. The van der Waals surface area contributed by atoms with E-state index in [-0.39, 0.29) is 0 Å². The molecule has 0 saturated carbocycles. The fourth-order valence-electron chi connectivity index (χ4n) is 1.52. The second kappa shape index (κ2) is 6.56. The largest absolute Gasteiger partial charge is 0.443 e. The average molecular weight is 233 g/mol. The van der Waals surface area contributed by atoms with Crippen LogP contribution < -0.4 is 5.73 Å². The number of primary amides is 1. The molecule has 0 bridgehead atoms. The quantitative estimate of drug-likeness (QED) is 0.759. The molecule has 0 saturated heterocycles. The molecule has 0 aliphatic carbocycles. The molecule has 1 amide bonds. The van der Waals surface area contributed by atoms with E-state index >= 15 is 0 Å². The van der Waals surface area contributed by atoms with Gasteiger partial charge in [-0.25, -0.2) is 4.79 Å². The number of benzene rings is 1. The van der Waals surface area contributed by atoms with E-state index in [0.29, 0.717) is 18.4 Å². The van der Waals surface area contributed by atoms with Gasteiger partial charge in [-0.1, -0.05) is 30.3 Å². The van der Waals surface area contributed by atoms with Crippen LogP contribution in [0.25, 0.3) is 0 Å². The maximum Gasteiger partial charge on any atom is 0.404 e. The standard InChI is InChI=1S/C13H15NO3/c1-2-3-9-11(17-13(14)16)12(15)10-7-5-4-6-8-10/h1,4-8,11-12,15H,3,9H2,(H2,14,16)/t11-,12-/m1/s1. The van der Waals surface area contributed by atoms with Gasteiger partial charge in [-0.3, -0.25) is 0 Å². The molecule has 4 heteroatoms. The van der Waals surface area contributed by atoms with Crippen molar-refractivity contribution < 1.29 is 14.6 Å². The summed E-state index contributed by atoms with van der Waals surface area (Å²) >= 11 is 0. The van der Waals surface area contributed by atoms with E-state index < -0.39 is 18.3 Å². The van der Waals surface area contributed by atoms with Crippen molar-refractivity contribution in [2.75, 3.05) is 0 Å². The van der Waals surface area contributed by atoms with E-state index in [1.807, 2.05) is 6.07 Å². The van der Waals surface area contributed by atoms with Gasteiger partial charge in [-0.15, -0.1) is 12.3 Å². The summed E-state index contributed by atoms with van der Waals surface area (Å²) in [5.74, 6) is 2.43. The van der Waals surface area contributed by atoms with Crippen LogP contribution >= 0.6 is 0 Å². The lowest BCUT2D eigenvalue weighted by molar-refractivity contribution is 0.00158. The molecule has 1 aromatic rings. The van der Waals surface area contributed by atoms with E-state index in [1.54, 1.807) is 24.3 Å². The number of carbonyl (C=O) groups excluding carboxylic acids is 1. The second-order valence-electron chi connectivity index (χ2n) is 3.57. The maximum absolute atomic E-state index is 10.7. The molecule has 2 atom stereocenters. The smallest absolute Gasteiger partial charge is 0.404 e. The first kappa shape index (κ1) is 13.1. The number of ether oxygens (including phenoxy) is 1. The Bertz CT molecular complexity index is 397. The summed E-state index contributed by atoms with van der Waals surface area (Å²) in [5.41, 5.74) is 5.62. The molecule has 4 nitrogen and oxygen atoms in total. The van der Waals surface area contributed by atoms with Crippen molar-refractivity contribution in [3.8, 4) is 12.3 Å². The highest BCUT2D eigenvalue weighted by Crippen LogP contribution is 2.22. The molecule has 0 fully saturated rings. The minimum atomic E-state index is -0.919. The Balaban J connectivity index is 2.75. The summed E-state index contributed by atoms with van der Waals surface area (Å²) in [7, 11) is 0. The summed E-state index contributed by atoms with van der Waals surface area (Å²) in [6.07, 6.45) is 3.37. The molecule has 0 heterocycles. The van der Waals surface area contributed by atoms with E-state index in [2.05, 4.69) is 5.92 Å². The highest BCUT2D eigenvalue weighted by Gasteiger charge is 2.23. The maximum atomic E-state index is 10.7. The van der Waals surface area contributed by atoms with E-state index in [4.69, 9.17) is 16.9 Å². The van der Waals surface area contributed by atoms with Gasteiger partial charge in [0.15, 0.2) is 0 Å². The van der Waals surface area contributed by atoms with Gasteiger partial charge in [-0.05, 0) is 12.0 Å². The molecule has 0 aliphatic rings. The van der Waals surface area contributed by atoms with Gasteiger partial charge >= 0.3 is 6.09 Å². The molecule has 0 spiro atoms. The average Bonchev–Trinajstić information content (AvgIpc) is 2.34. The van der Waals surface area contributed by atoms with Crippen LogP contribution in [-0.2, 0) is 4.74 Å². The third kappa shape index (κ3) is 4.17. The topological polar surface area (TPSA) is 72.5 Å². The minimum absolute atomic E-state index is 0.371. The second-order valence-corrected chi connectivity index (χ2v) is 3.57. The number of carbonyl (C=O) groups is 1. The molecular weight excluding hydrogens is 218 g/mol. The number of hydrogen-bond acceptors (Lipinski definition) is 3. The van der Waals surface area contributed by atoms with Crippen LogP contribution in [-0.4, -0.2) is 17.3 Å². The number of hydrogen-bond donors (Lipinski definition) is 2. The first-order valence-corrected chi connectivity index (χ1v) is 5.27. The fourth-order valence-corrected chi connectivity index (χ4v) is 1.52. The summed E-state index contributed by atoms with van der Waals surface area (Å²) in [6.45, 7) is 0. The molecule has 90 valence electrons. The van der Waals surface area contributed by atoms with Crippen molar-refractivity contribution in [3.63, 3.8) is 0 Å². The summed E-state index contributed by atoms with van der Waals surface area (Å²) in [4.78, 5) is 10.7. The van der Waals surface area contributed by atoms with Gasteiger partial charge in [0, 0.05) is 6.42 Å². The van der Waals surface area contributed by atoms with Crippen LogP contribution in [0.1, 0.15) is 24.5 Å². The van der Waals surface area contributed by atoms with Crippen LogP contribution in [0, 0.1) is 12.3 Å². The molecular formula is C13H15NO3. The Morgan fingerprint density at radius 3 is 2.65 bits per heavy atom. The lowest BCUT2D eigenvalue weighted by atomic mass is 10.0. The van der Waals surface area contributed by atoms with E-state index in [0.717, 1.165) is 0 Å². The van der Waals surface area contributed by atoms with Crippen LogP contribution in [0.5, 0.6) is 0 Å². The Morgan fingerprint density at radius 2 is 2.12 bits per heavy atom. The zero-order chi connectivity index (χ0) is 12.7. The highest BCUT2D eigenvalue weighted by atomic mass is 16.6. The zero-order valence-corrected chi connectivity index (χ0v) is 9.37. The molecule has 17 heavy (non-hydrogen) atoms. The van der Waals surface area contributed by atoms with Gasteiger partial charge in [0.2, 0.25) is 0 Å². The molecule has 1 rings (SSSR count). The van der Waals surface area contributed by atoms with Gasteiger partial charge in [-0.2, -0.15) is 0 Å². The van der Waals surface area contributed by atoms with Crippen LogP contribution in [0.4, 0.5) is 4.79 Å². The number of aliphatic hydroxyl groups is 1. The fraction of sp³-hybridized carbons (Fsp3) is 0.308. The lowest BCUT2D eigenvalue weighted by Crippen LogP contribution is -2.28. The number of terminal acetylenes is 1. The number of nitrogens with two attached hydrogens (primary N) is 1. The Morgan fingerprint density at radius 1 is 1.47 bits per heavy atom. The molecule has 0 aliphatic heterocycles. The number of amides is 1. The van der Waals surface area contributed by atoms with Crippen molar-refractivity contribution in [1.29, 1.82) is 0 Å². The van der Waals surface area contributed by atoms with Gasteiger partial charge in [0.05, 0.1) is 0 Å². The summed E-state index contributed by atoms with van der Waals surface area (Å²) < 4.78 is 4.86. The molecule has 3 N–H and O–H groups in total. The highest BCUT2D eigenvalue weighted by molar-refractivity contribution is 5.64. The molecule has 0 aromatic heterocycles. The van der Waals surface area contributed by atoms with Gasteiger partial charge in [0.1, 0.15) is 12.2 Å². The first-order valence-electron chi connectivity index (χ1n) is 5.27. The third-order valence-electron chi connectivity index (χ3n) is 2.33. The van der Waals surface area contributed by atoms with Gasteiger partial charge < -0.3 is 15.6 Å². The van der Waals surface area contributed by atoms with Crippen molar-refractivity contribution in [3.05, 3.63) is 35.9 Å². The van der Waals surface area contributed by atoms with E-state index in [1.165, 1.54) is 0 Å². The summed E-state index contributed by atoms with van der Waals surface area (Å²) in [6, 6.07) is 8.92. The monoisotopic (exact) mass is 233 g/mol. The van der Waals surface area contributed by atoms with Crippen molar-refractivity contribution in [2.45, 2.75) is 25.0 Å². The van der Waals surface area contributed by atoms with Crippen molar-refractivity contribution >= 4 is 6.09 Å². The van der Waals surface area contributed by atoms with E-state index in [9.17, 15) is 9.90 Å².